The molecular weight excluding hydrogens is 686 g/mol. The van der Waals surface area contributed by atoms with Crippen LogP contribution in [0.4, 0.5) is 13.2 Å². The fourth-order valence-corrected chi connectivity index (χ4v) is 10.6. The van der Waals surface area contributed by atoms with Crippen molar-refractivity contribution < 1.29 is 41.9 Å². The molecule has 8 atom stereocenters. The Bertz CT molecular complexity index is 1730. The largest absolute Gasteiger partial charge is 0.573 e. The van der Waals surface area contributed by atoms with Crippen molar-refractivity contribution in [1.82, 2.24) is 4.98 Å². The number of ketones is 1. The summed E-state index contributed by atoms with van der Waals surface area (Å²) in [4.78, 5) is 31.9. The molecule has 3 fully saturated rings. The number of rotatable bonds is 9. The smallest absolute Gasteiger partial charge is 0.461 e. The van der Waals surface area contributed by atoms with E-state index in [1.165, 1.54) is 35.2 Å². The normalized spacial score (nSPS) is 32.5. The molecule has 7 nitrogen and oxygen atoms in total. The first-order valence-corrected chi connectivity index (χ1v) is 18.9. The lowest BCUT2D eigenvalue weighted by Gasteiger charge is -2.61. The van der Waals surface area contributed by atoms with Crippen molar-refractivity contribution in [2.45, 2.75) is 89.3 Å². The molecule has 0 aliphatic heterocycles. The molecule has 1 aromatic carbocycles. The fourth-order valence-electron chi connectivity index (χ4n) is 9.01. The average Bonchev–Trinajstić information content (AvgIpc) is 3.70. The van der Waals surface area contributed by atoms with Crippen molar-refractivity contribution in [3.05, 3.63) is 72.4 Å². The van der Waals surface area contributed by atoms with E-state index in [1.54, 1.807) is 18.2 Å². The molecule has 0 radical (unpaired) electrons. The minimum Gasteiger partial charge on any atom is -0.461 e. The van der Waals surface area contributed by atoms with Crippen LogP contribution < -0.4 is 9.30 Å². The molecule has 0 saturated heterocycles. The Kier molecular flexibility index (Phi) is 10.0. The van der Waals surface area contributed by atoms with Crippen molar-refractivity contribution in [3.63, 3.8) is 0 Å². The summed E-state index contributed by atoms with van der Waals surface area (Å²) in [5.41, 5.74) is 0.891. The third-order valence-electron chi connectivity index (χ3n) is 12.1. The van der Waals surface area contributed by atoms with E-state index in [-0.39, 0.29) is 46.4 Å². The maximum absolute atomic E-state index is 13.6. The van der Waals surface area contributed by atoms with Gasteiger partial charge in [-0.25, -0.2) is 9.55 Å². The van der Waals surface area contributed by atoms with Gasteiger partial charge in [-0.3, -0.25) is 9.59 Å². The molecule has 2 heterocycles. The summed E-state index contributed by atoms with van der Waals surface area (Å²) < 4.78 is 50.3. The summed E-state index contributed by atoms with van der Waals surface area (Å²) in [7, 11) is 0. The van der Waals surface area contributed by atoms with Crippen LogP contribution in [0.15, 0.2) is 71.2 Å². The number of thioether (sulfide) groups is 1. The van der Waals surface area contributed by atoms with Crippen LogP contribution in [-0.2, 0) is 20.9 Å². The zero-order valence-electron chi connectivity index (χ0n) is 28.7. The molecule has 2 aromatic heterocycles. The number of hydrogen-bond donors (Lipinski definition) is 1. The molecule has 0 spiro atoms. The standard InChI is InChI=1S/C38H44F3N2O5S2/c1-6-35(4)19-30(36(5)23(2)11-15-37(24(3)33(35)46)16-12-29(44)32(36)37)47-31(45)22-50-34-42-28(21-49-34)26-13-17-43(18-14-26)20-25-7-9-27(10-8-25)48-38(39,40)41/h6-10,13-14,17-18,21,23-24,30,32-33,46H,1,11-12,15-16,19-20,22H2,2-5H3/q+1/t23-,24+,30-,32+,33+,35-,36+,37+/m1/s1. The van der Waals surface area contributed by atoms with Crippen LogP contribution in [-0.4, -0.2) is 46.2 Å². The monoisotopic (exact) mass is 729 g/mol. The molecule has 50 heavy (non-hydrogen) atoms. The lowest BCUT2D eigenvalue weighted by Crippen LogP contribution is -2.63. The highest BCUT2D eigenvalue weighted by atomic mass is 32.2. The van der Waals surface area contributed by atoms with Gasteiger partial charge in [-0.1, -0.05) is 45.5 Å². The summed E-state index contributed by atoms with van der Waals surface area (Å²) in [5, 5.41) is 13.7. The SMILES string of the molecule is C=C[C@]1(C)C[C@@H](OC(=O)CSc2nc(-c3cc[n+](Cc4ccc(OC(F)(F)F)cc4)cc3)cs2)[C@]2(C)[C@H](C)CC[C@]3(CCC(=O)[C@H]32)[C@@H](C)[C@@H]1O. The number of nitrogens with zero attached hydrogens (tertiary/aromatic N) is 2. The van der Waals surface area contributed by atoms with Gasteiger partial charge < -0.3 is 14.6 Å². The lowest BCUT2D eigenvalue weighted by molar-refractivity contribution is -0.688. The minimum absolute atomic E-state index is 0.0586. The minimum atomic E-state index is -4.73. The van der Waals surface area contributed by atoms with Gasteiger partial charge >= 0.3 is 12.3 Å². The van der Waals surface area contributed by atoms with Crippen LogP contribution in [0.1, 0.15) is 65.4 Å². The van der Waals surface area contributed by atoms with E-state index in [0.29, 0.717) is 19.4 Å². The van der Waals surface area contributed by atoms with E-state index in [0.717, 1.165) is 40.4 Å². The first kappa shape index (κ1) is 36.6. The number of hydrogen-bond acceptors (Lipinski definition) is 8. The molecule has 2 bridgehead atoms. The maximum Gasteiger partial charge on any atom is 0.573 e. The van der Waals surface area contributed by atoms with Crippen molar-refractivity contribution >= 4 is 34.9 Å². The average molecular weight is 730 g/mol. The van der Waals surface area contributed by atoms with Crippen LogP contribution in [0.2, 0.25) is 0 Å². The first-order valence-electron chi connectivity index (χ1n) is 17.0. The topological polar surface area (TPSA) is 89.6 Å². The Hall–Kier alpha value is -3.22. The van der Waals surface area contributed by atoms with Crippen molar-refractivity contribution in [1.29, 1.82) is 0 Å². The highest BCUT2D eigenvalue weighted by Crippen LogP contribution is 2.68. The predicted octanol–water partition coefficient (Wildman–Crippen LogP) is 8.04. The van der Waals surface area contributed by atoms with Gasteiger partial charge in [0, 0.05) is 51.8 Å². The summed E-state index contributed by atoms with van der Waals surface area (Å²) in [5.74, 6) is -0.546. The van der Waals surface area contributed by atoms with E-state index in [1.807, 2.05) is 41.4 Å². The zero-order chi connectivity index (χ0) is 36.1. The first-order chi connectivity index (χ1) is 23.6. The van der Waals surface area contributed by atoms with Gasteiger partial charge in [0.15, 0.2) is 23.3 Å². The number of Topliss-reactive ketones (excluding diaryl/α,β-unsaturated/α-hetero) is 1. The second-order valence-electron chi connectivity index (χ2n) is 14.8. The number of ether oxygens (including phenoxy) is 2. The Morgan fingerprint density at radius 1 is 1.16 bits per heavy atom. The van der Waals surface area contributed by atoms with Crippen LogP contribution in [0.5, 0.6) is 5.75 Å². The van der Waals surface area contributed by atoms with Crippen LogP contribution in [0.25, 0.3) is 11.3 Å². The van der Waals surface area contributed by atoms with Crippen LogP contribution in [0, 0.1) is 34.0 Å². The second-order valence-corrected chi connectivity index (χ2v) is 16.9. The number of alkyl halides is 3. The molecule has 12 heteroatoms. The van der Waals surface area contributed by atoms with Gasteiger partial charge in [0.2, 0.25) is 0 Å². The molecule has 6 rings (SSSR count). The van der Waals surface area contributed by atoms with Gasteiger partial charge in [-0.05, 0) is 67.2 Å². The second kappa shape index (κ2) is 13.7. The molecule has 1 N–H and O–H groups in total. The Labute approximate surface area is 299 Å². The highest BCUT2D eigenvalue weighted by molar-refractivity contribution is 8.01. The summed E-state index contributed by atoms with van der Waals surface area (Å²) >= 11 is 2.75. The maximum atomic E-state index is 13.6. The van der Waals surface area contributed by atoms with Gasteiger partial charge in [0.25, 0.3) is 0 Å². The van der Waals surface area contributed by atoms with Crippen molar-refractivity contribution in [3.8, 4) is 17.0 Å². The van der Waals surface area contributed by atoms with Gasteiger partial charge in [-0.15, -0.1) is 31.1 Å². The Balaban J connectivity index is 1.11. The van der Waals surface area contributed by atoms with Gasteiger partial charge in [-0.2, -0.15) is 0 Å². The molecular formula is C38H44F3N2O5S2+. The number of aromatic nitrogens is 2. The third-order valence-corrected chi connectivity index (χ3v) is 14.1. The number of pyridine rings is 1. The molecule has 268 valence electrons. The zero-order valence-corrected chi connectivity index (χ0v) is 30.4. The van der Waals surface area contributed by atoms with E-state index >= 15 is 0 Å². The van der Waals surface area contributed by atoms with E-state index in [9.17, 15) is 27.9 Å². The van der Waals surface area contributed by atoms with Crippen LogP contribution >= 0.6 is 23.1 Å². The summed E-state index contributed by atoms with van der Waals surface area (Å²) in [6.07, 6.45) is 3.00. The number of esters is 1. The van der Waals surface area contributed by atoms with Gasteiger partial charge in [0.1, 0.15) is 17.6 Å². The van der Waals surface area contributed by atoms with E-state index in [4.69, 9.17) is 9.72 Å². The third kappa shape index (κ3) is 6.87. The Morgan fingerprint density at radius 3 is 2.52 bits per heavy atom. The van der Waals surface area contributed by atoms with E-state index in [2.05, 4.69) is 32.1 Å². The number of carbonyl (C=O) groups is 2. The summed E-state index contributed by atoms with van der Waals surface area (Å²) in [6, 6.07) is 9.59. The van der Waals surface area contributed by atoms with Crippen LogP contribution in [0.3, 0.4) is 0 Å². The molecule has 3 aliphatic carbocycles. The number of benzene rings is 1. The molecule has 0 amide bonds. The predicted molar refractivity (Wildman–Crippen MR) is 185 cm³/mol. The van der Waals surface area contributed by atoms with E-state index < -0.39 is 29.4 Å². The molecule has 3 aliphatic rings. The number of aliphatic hydroxyl groups is 1. The molecule has 3 aromatic rings. The highest BCUT2D eigenvalue weighted by Gasteiger charge is 2.68. The Morgan fingerprint density at radius 2 is 1.86 bits per heavy atom. The molecule has 3 saturated carbocycles. The molecule has 0 unspecified atom stereocenters. The number of thiazole rings is 1. The van der Waals surface area contributed by atoms with Gasteiger partial charge in [0.05, 0.1) is 17.6 Å². The van der Waals surface area contributed by atoms with Crippen molar-refractivity contribution in [2.75, 3.05) is 5.75 Å². The number of carbonyl (C=O) groups excluding carboxylic acids is 2. The summed E-state index contributed by atoms with van der Waals surface area (Å²) in [6.45, 7) is 12.9. The quantitative estimate of drug-likeness (QED) is 0.103. The fraction of sp³-hybridized carbons (Fsp3) is 0.526. The lowest BCUT2D eigenvalue weighted by atomic mass is 9.44. The number of halogens is 3. The number of aliphatic hydroxyl groups excluding tert-OH is 1. The van der Waals surface area contributed by atoms with Crippen molar-refractivity contribution in [2.24, 2.45) is 34.0 Å².